The van der Waals surface area contributed by atoms with Crippen molar-refractivity contribution < 1.29 is 18.7 Å². The Morgan fingerprint density at radius 2 is 1.86 bits per heavy atom. The van der Waals surface area contributed by atoms with E-state index in [9.17, 15) is 9.18 Å². The van der Waals surface area contributed by atoms with Crippen molar-refractivity contribution in [3.63, 3.8) is 0 Å². The molecule has 3 rings (SSSR count). The molecule has 0 amide bonds. The molecule has 0 saturated heterocycles. The van der Waals surface area contributed by atoms with Gasteiger partial charge in [0.15, 0.2) is 17.3 Å². The van der Waals surface area contributed by atoms with E-state index in [-0.39, 0.29) is 24.7 Å². The number of hydrogen-bond acceptors (Lipinski definition) is 4. The van der Waals surface area contributed by atoms with E-state index in [0.29, 0.717) is 5.39 Å². The summed E-state index contributed by atoms with van der Waals surface area (Å²) in [5.74, 6) is -0.870. The minimum Gasteiger partial charge on any atom is -0.487 e. The monoisotopic (exact) mass is 300 g/mol. The molecule has 6 heteroatoms. The lowest BCUT2D eigenvalue weighted by Gasteiger charge is -2.07. The van der Waals surface area contributed by atoms with Gasteiger partial charge in [-0.15, -0.1) is 0 Å². The molecule has 2 aromatic carbocycles. The Morgan fingerprint density at radius 1 is 1.09 bits per heavy atom. The summed E-state index contributed by atoms with van der Waals surface area (Å²) < 4.78 is 23.6. The maximum Gasteiger partial charge on any atom is 0.359 e. The Morgan fingerprint density at radius 3 is 2.73 bits per heavy atom. The second kappa shape index (κ2) is 6.26. The molecule has 0 aliphatic heterocycles. The van der Waals surface area contributed by atoms with E-state index in [4.69, 9.17) is 9.47 Å². The normalized spacial score (nSPS) is 10.6. The molecule has 1 aromatic heterocycles. The van der Waals surface area contributed by atoms with E-state index >= 15 is 0 Å². The van der Waals surface area contributed by atoms with Gasteiger partial charge in [-0.3, -0.25) is 5.10 Å². The zero-order valence-corrected chi connectivity index (χ0v) is 11.6. The lowest BCUT2D eigenvalue weighted by molar-refractivity contribution is 0.0444. The fourth-order valence-corrected chi connectivity index (χ4v) is 2.04. The van der Waals surface area contributed by atoms with Gasteiger partial charge in [0.05, 0.1) is 5.52 Å². The number of fused-ring (bicyclic) bond motifs is 1. The Bertz CT molecular complexity index is 801. The average molecular weight is 300 g/mol. The van der Waals surface area contributed by atoms with Crippen LogP contribution in [0.5, 0.6) is 5.75 Å². The van der Waals surface area contributed by atoms with Gasteiger partial charge in [0, 0.05) is 5.39 Å². The number of H-pyrrole nitrogens is 1. The average Bonchev–Trinajstić information content (AvgIpc) is 2.97. The molecule has 0 spiro atoms. The molecule has 1 N–H and O–H groups in total. The molecule has 0 fully saturated rings. The summed E-state index contributed by atoms with van der Waals surface area (Å²) in [7, 11) is 0. The lowest BCUT2D eigenvalue weighted by atomic mass is 10.2. The van der Waals surface area contributed by atoms with E-state index < -0.39 is 11.8 Å². The fraction of sp³-hybridized carbons (Fsp3) is 0.125. The molecule has 0 aliphatic carbocycles. The van der Waals surface area contributed by atoms with Crippen molar-refractivity contribution in [2.45, 2.75) is 0 Å². The van der Waals surface area contributed by atoms with Crippen LogP contribution in [0.4, 0.5) is 4.39 Å². The lowest BCUT2D eigenvalue weighted by Crippen LogP contribution is -2.13. The zero-order valence-electron chi connectivity index (χ0n) is 11.6. The highest BCUT2D eigenvalue weighted by Gasteiger charge is 2.15. The quantitative estimate of drug-likeness (QED) is 0.581. The van der Waals surface area contributed by atoms with Gasteiger partial charge in [0.25, 0.3) is 0 Å². The number of nitrogens with one attached hydrogen (secondary N) is 1. The molecular weight excluding hydrogens is 287 g/mol. The van der Waals surface area contributed by atoms with Crippen molar-refractivity contribution in [3.05, 3.63) is 60.0 Å². The Balaban J connectivity index is 1.56. The minimum absolute atomic E-state index is 0.00829. The molecule has 1 heterocycles. The first kappa shape index (κ1) is 14.1. The van der Waals surface area contributed by atoms with Gasteiger partial charge in [-0.25, -0.2) is 9.18 Å². The summed E-state index contributed by atoms with van der Waals surface area (Å²) in [6, 6.07) is 13.3. The van der Waals surface area contributed by atoms with Crippen LogP contribution in [-0.4, -0.2) is 29.4 Å². The number of carbonyl (C=O) groups is 1. The smallest absolute Gasteiger partial charge is 0.359 e. The van der Waals surface area contributed by atoms with Gasteiger partial charge < -0.3 is 9.47 Å². The molecule has 0 saturated carbocycles. The number of nitrogens with zero attached hydrogens (tertiary/aromatic N) is 1. The van der Waals surface area contributed by atoms with Crippen molar-refractivity contribution in [3.8, 4) is 5.75 Å². The van der Waals surface area contributed by atoms with Crippen molar-refractivity contribution >= 4 is 16.9 Å². The maximum atomic E-state index is 13.3. The second-order valence-electron chi connectivity index (χ2n) is 4.53. The number of esters is 1. The summed E-state index contributed by atoms with van der Waals surface area (Å²) in [5, 5.41) is 7.40. The Labute approximate surface area is 125 Å². The number of aromatic amines is 1. The molecule has 5 nitrogen and oxygen atoms in total. The van der Waals surface area contributed by atoms with Crippen LogP contribution < -0.4 is 4.74 Å². The molecule has 0 radical (unpaired) electrons. The number of hydrogen-bond donors (Lipinski definition) is 1. The van der Waals surface area contributed by atoms with Crippen LogP contribution in [0.25, 0.3) is 10.9 Å². The van der Waals surface area contributed by atoms with Crippen LogP contribution in [0.15, 0.2) is 48.5 Å². The van der Waals surface area contributed by atoms with Crippen LogP contribution >= 0.6 is 0 Å². The summed E-state index contributed by atoms with van der Waals surface area (Å²) in [5.41, 5.74) is 0.985. The Hall–Kier alpha value is -2.89. The van der Waals surface area contributed by atoms with Gasteiger partial charge in [0.1, 0.15) is 13.2 Å². The largest absolute Gasteiger partial charge is 0.487 e. The summed E-state index contributed by atoms with van der Waals surface area (Å²) in [6.07, 6.45) is 0. The van der Waals surface area contributed by atoms with Crippen molar-refractivity contribution in [1.29, 1.82) is 0 Å². The highest BCUT2D eigenvalue weighted by Crippen LogP contribution is 2.17. The van der Waals surface area contributed by atoms with Crippen molar-refractivity contribution in [2.75, 3.05) is 13.2 Å². The van der Waals surface area contributed by atoms with Crippen LogP contribution in [0.1, 0.15) is 10.5 Å². The third-order valence-electron chi connectivity index (χ3n) is 3.07. The maximum absolute atomic E-state index is 13.3. The highest BCUT2D eigenvalue weighted by molar-refractivity contribution is 6.01. The fourth-order valence-electron chi connectivity index (χ4n) is 2.04. The molecule has 0 atom stereocenters. The molecule has 0 bridgehead atoms. The first-order chi connectivity index (χ1) is 10.8. The highest BCUT2D eigenvalue weighted by atomic mass is 19.1. The van der Waals surface area contributed by atoms with Crippen LogP contribution in [-0.2, 0) is 4.74 Å². The van der Waals surface area contributed by atoms with E-state index in [1.807, 2.05) is 18.2 Å². The minimum atomic E-state index is -0.547. The van der Waals surface area contributed by atoms with E-state index in [2.05, 4.69) is 10.2 Å². The van der Waals surface area contributed by atoms with Gasteiger partial charge in [-0.2, -0.15) is 5.10 Å². The number of para-hydroxylation sites is 2. The molecular formula is C16H13FN2O3. The Kier molecular flexibility index (Phi) is 4.00. The zero-order chi connectivity index (χ0) is 15.4. The van der Waals surface area contributed by atoms with Gasteiger partial charge in [-0.1, -0.05) is 30.3 Å². The predicted molar refractivity (Wildman–Crippen MR) is 78.3 cm³/mol. The number of ether oxygens (including phenoxy) is 2. The molecule has 0 aliphatic rings. The number of carbonyl (C=O) groups excluding carboxylic acids is 1. The number of rotatable bonds is 5. The number of halogens is 1. The molecule has 112 valence electrons. The summed E-state index contributed by atoms with van der Waals surface area (Å²) in [4.78, 5) is 12.0. The summed E-state index contributed by atoms with van der Waals surface area (Å²) >= 11 is 0. The topological polar surface area (TPSA) is 64.2 Å². The van der Waals surface area contributed by atoms with Gasteiger partial charge in [-0.05, 0) is 18.2 Å². The summed E-state index contributed by atoms with van der Waals surface area (Å²) in [6.45, 7) is 0.0728. The SMILES string of the molecule is O=C(OCCOc1ccccc1F)c1n[nH]c2ccccc12. The second-order valence-corrected chi connectivity index (χ2v) is 4.53. The van der Waals surface area contributed by atoms with Gasteiger partial charge in [0.2, 0.25) is 0 Å². The van der Waals surface area contributed by atoms with E-state index in [0.717, 1.165) is 5.52 Å². The van der Waals surface area contributed by atoms with Crippen LogP contribution in [0, 0.1) is 5.82 Å². The molecule has 3 aromatic rings. The first-order valence-electron chi connectivity index (χ1n) is 6.73. The predicted octanol–water partition coefficient (Wildman–Crippen LogP) is 2.94. The molecule has 22 heavy (non-hydrogen) atoms. The third-order valence-corrected chi connectivity index (χ3v) is 3.07. The van der Waals surface area contributed by atoms with Crippen LogP contribution in [0.2, 0.25) is 0 Å². The van der Waals surface area contributed by atoms with Crippen LogP contribution in [0.3, 0.4) is 0 Å². The van der Waals surface area contributed by atoms with Crippen molar-refractivity contribution in [2.24, 2.45) is 0 Å². The molecule has 0 unspecified atom stereocenters. The standard InChI is InChI=1S/C16H13FN2O3/c17-12-6-2-4-8-14(12)21-9-10-22-16(20)15-11-5-1-3-7-13(11)18-19-15/h1-8H,9-10H2,(H,18,19). The van der Waals surface area contributed by atoms with E-state index in [1.165, 1.54) is 12.1 Å². The third kappa shape index (κ3) is 2.90. The number of aromatic nitrogens is 2. The van der Waals surface area contributed by atoms with Crippen molar-refractivity contribution in [1.82, 2.24) is 10.2 Å². The van der Waals surface area contributed by atoms with Gasteiger partial charge >= 0.3 is 5.97 Å². The number of benzene rings is 2. The first-order valence-corrected chi connectivity index (χ1v) is 6.73. The van der Waals surface area contributed by atoms with E-state index in [1.54, 1.807) is 18.2 Å².